The van der Waals surface area contributed by atoms with Crippen LogP contribution in [0.4, 0.5) is 5.69 Å². The molecule has 0 radical (unpaired) electrons. The van der Waals surface area contributed by atoms with Crippen LogP contribution in [0.25, 0.3) is 0 Å². The second-order valence-electron chi connectivity index (χ2n) is 5.46. The molecule has 1 heterocycles. The Hall–Kier alpha value is -2.34. The van der Waals surface area contributed by atoms with Crippen molar-refractivity contribution in [3.63, 3.8) is 0 Å². The summed E-state index contributed by atoms with van der Waals surface area (Å²) in [5.41, 5.74) is 7.70. The molecule has 6 heteroatoms. The van der Waals surface area contributed by atoms with Crippen LogP contribution in [0.1, 0.15) is 30.2 Å². The molecule has 1 amide bonds. The first-order valence-corrected chi connectivity index (χ1v) is 9.00. The number of thiophene rings is 1. The largest absolute Gasteiger partial charge is 0.370 e. The number of nitrogens with one attached hydrogen (secondary N) is 2. The molecule has 2 rings (SSSR count). The number of nitrogens with two attached hydrogens (primary N) is 1. The molecule has 0 saturated heterocycles. The molecule has 1 aromatic heterocycles. The lowest BCUT2D eigenvalue weighted by molar-refractivity contribution is -0.116. The lowest BCUT2D eigenvalue weighted by Crippen LogP contribution is -2.33. The van der Waals surface area contributed by atoms with E-state index in [1.807, 2.05) is 37.3 Å². The molecule has 0 aliphatic heterocycles. The molecule has 0 aliphatic rings. The molecule has 5 nitrogen and oxygen atoms in total. The molecule has 0 saturated carbocycles. The maximum atomic E-state index is 11.6. The van der Waals surface area contributed by atoms with Crippen LogP contribution < -0.4 is 16.4 Å². The molecular formula is C18H24N4OS. The van der Waals surface area contributed by atoms with Crippen LogP contribution in [0.2, 0.25) is 0 Å². The molecule has 0 bridgehead atoms. The van der Waals surface area contributed by atoms with Gasteiger partial charge in [0.25, 0.3) is 0 Å². The fraction of sp³-hybridized carbons (Fsp3) is 0.333. The van der Waals surface area contributed by atoms with Gasteiger partial charge in [0.1, 0.15) is 0 Å². The summed E-state index contributed by atoms with van der Waals surface area (Å²) < 4.78 is 0. The van der Waals surface area contributed by atoms with Crippen molar-refractivity contribution in [3.8, 4) is 0 Å². The summed E-state index contributed by atoms with van der Waals surface area (Å²) in [7, 11) is 0. The van der Waals surface area contributed by atoms with Gasteiger partial charge in [0.05, 0.1) is 6.54 Å². The van der Waals surface area contributed by atoms with Crippen LogP contribution in [-0.4, -0.2) is 18.4 Å². The van der Waals surface area contributed by atoms with Crippen LogP contribution in [0.15, 0.2) is 46.8 Å². The highest BCUT2D eigenvalue weighted by atomic mass is 32.1. The predicted octanol–water partition coefficient (Wildman–Crippen LogP) is 3.13. The van der Waals surface area contributed by atoms with Gasteiger partial charge in [-0.25, -0.2) is 4.99 Å². The van der Waals surface area contributed by atoms with Gasteiger partial charge < -0.3 is 16.4 Å². The number of aliphatic imine (C=N–C) groups is 1. The normalized spacial score (nSPS) is 11.3. The van der Waals surface area contributed by atoms with E-state index in [-0.39, 0.29) is 5.91 Å². The summed E-state index contributed by atoms with van der Waals surface area (Å²) in [6.45, 7) is 3.23. The van der Waals surface area contributed by atoms with Crippen molar-refractivity contribution in [3.05, 3.63) is 52.2 Å². The first-order valence-electron chi connectivity index (χ1n) is 8.12. The van der Waals surface area contributed by atoms with Crippen LogP contribution in [0.5, 0.6) is 0 Å². The topological polar surface area (TPSA) is 79.5 Å². The Labute approximate surface area is 147 Å². The van der Waals surface area contributed by atoms with Gasteiger partial charge in [-0.2, -0.15) is 0 Å². The quantitative estimate of drug-likeness (QED) is 0.508. The number of nitrogens with zero attached hydrogens (tertiary/aromatic N) is 1. The van der Waals surface area contributed by atoms with E-state index in [4.69, 9.17) is 5.73 Å². The third-order valence-electron chi connectivity index (χ3n) is 3.38. The van der Waals surface area contributed by atoms with Crippen molar-refractivity contribution in [2.24, 2.45) is 10.7 Å². The minimum absolute atomic E-state index is 0.0351. The molecule has 0 fully saturated rings. The highest BCUT2D eigenvalue weighted by Crippen LogP contribution is 2.12. The number of rotatable bonds is 8. The molecule has 2 aromatic rings. The molecule has 4 N–H and O–H groups in total. The van der Waals surface area contributed by atoms with E-state index in [1.165, 1.54) is 4.88 Å². The molecular weight excluding hydrogens is 320 g/mol. The summed E-state index contributed by atoms with van der Waals surface area (Å²) in [6, 6.07) is 11.8. The summed E-state index contributed by atoms with van der Waals surface area (Å²) >= 11 is 1.74. The first kappa shape index (κ1) is 18.0. The van der Waals surface area contributed by atoms with Gasteiger partial charge in [0.15, 0.2) is 5.96 Å². The highest BCUT2D eigenvalue weighted by molar-refractivity contribution is 7.09. The van der Waals surface area contributed by atoms with Crippen molar-refractivity contribution in [2.75, 3.05) is 11.9 Å². The third-order valence-corrected chi connectivity index (χ3v) is 4.31. The van der Waals surface area contributed by atoms with Gasteiger partial charge in [-0.05, 0) is 42.0 Å². The van der Waals surface area contributed by atoms with Crippen LogP contribution in [0, 0.1) is 0 Å². The maximum absolute atomic E-state index is 11.6. The zero-order valence-electron chi connectivity index (χ0n) is 13.9. The second kappa shape index (κ2) is 9.72. The van der Waals surface area contributed by atoms with Crippen molar-refractivity contribution < 1.29 is 4.79 Å². The maximum Gasteiger partial charge on any atom is 0.224 e. The number of carbonyl (C=O) groups is 1. The van der Waals surface area contributed by atoms with Gasteiger partial charge in [0, 0.05) is 23.5 Å². The fourth-order valence-corrected chi connectivity index (χ4v) is 2.91. The lowest BCUT2D eigenvalue weighted by atomic mass is 10.2. The van der Waals surface area contributed by atoms with Crippen LogP contribution in [0.3, 0.4) is 0 Å². The van der Waals surface area contributed by atoms with E-state index in [9.17, 15) is 4.79 Å². The Morgan fingerprint density at radius 2 is 2.17 bits per heavy atom. The van der Waals surface area contributed by atoms with Crippen molar-refractivity contribution in [1.82, 2.24) is 5.32 Å². The van der Waals surface area contributed by atoms with Gasteiger partial charge in [0.2, 0.25) is 5.91 Å². The zero-order valence-corrected chi connectivity index (χ0v) is 14.7. The number of anilines is 1. The molecule has 0 spiro atoms. The first-order chi connectivity index (χ1) is 11.7. The van der Waals surface area contributed by atoms with Crippen molar-refractivity contribution >= 4 is 28.9 Å². The van der Waals surface area contributed by atoms with Crippen LogP contribution in [-0.2, 0) is 17.8 Å². The number of hydrogen-bond donors (Lipinski definition) is 3. The molecule has 0 unspecified atom stereocenters. The standard InChI is InChI=1S/C18H24N4OS/c1-2-5-17(23)22-15-7-3-6-14(12-15)13-21-18(19)20-10-9-16-8-4-11-24-16/h3-4,6-8,11-12H,2,5,9-10,13H2,1H3,(H,22,23)(H3,19,20,21). The molecule has 0 atom stereocenters. The minimum atomic E-state index is 0.0351. The van der Waals surface area contributed by atoms with E-state index in [1.54, 1.807) is 11.3 Å². The van der Waals surface area contributed by atoms with E-state index in [0.29, 0.717) is 18.9 Å². The molecule has 0 aliphatic carbocycles. The van der Waals surface area contributed by atoms with Gasteiger partial charge in [-0.3, -0.25) is 4.79 Å². The number of carbonyl (C=O) groups excluding carboxylic acids is 1. The average Bonchev–Trinajstić information content (AvgIpc) is 3.07. The molecule has 128 valence electrons. The Balaban J connectivity index is 1.80. The molecule has 1 aromatic carbocycles. The Morgan fingerprint density at radius 3 is 2.92 bits per heavy atom. The number of amides is 1. The number of benzene rings is 1. The fourth-order valence-electron chi connectivity index (χ4n) is 2.20. The Morgan fingerprint density at radius 1 is 1.29 bits per heavy atom. The lowest BCUT2D eigenvalue weighted by Gasteiger charge is -2.07. The predicted molar refractivity (Wildman–Crippen MR) is 101 cm³/mol. The van der Waals surface area contributed by atoms with Crippen LogP contribution >= 0.6 is 11.3 Å². The van der Waals surface area contributed by atoms with E-state index < -0.39 is 0 Å². The summed E-state index contributed by atoms with van der Waals surface area (Å²) in [6.07, 6.45) is 2.31. The summed E-state index contributed by atoms with van der Waals surface area (Å²) in [4.78, 5) is 17.3. The Bertz CT molecular complexity index is 667. The highest BCUT2D eigenvalue weighted by Gasteiger charge is 2.02. The van der Waals surface area contributed by atoms with Gasteiger partial charge in [-0.1, -0.05) is 25.1 Å². The van der Waals surface area contributed by atoms with Crippen molar-refractivity contribution in [2.45, 2.75) is 32.7 Å². The average molecular weight is 344 g/mol. The van der Waals surface area contributed by atoms with E-state index >= 15 is 0 Å². The van der Waals surface area contributed by atoms with Gasteiger partial charge in [-0.15, -0.1) is 11.3 Å². The Kier molecular flexibility index (Phi) is 7.29. The third kappa shape index (κ3) is 6.42. The molecule has 24 heavy (non-hydrogen) atoms. The number of guanidine groups is 1. The van der Waals surface area contributed by atoms with Gasteiger partial charge >= 0.3 is 0 Å². The SMILES string of the molecule is CCCC(=O)Nc1cccc(CN=C(N)NCCc2cccs2)c1. The zero-order chi connectivity index (χ0) is 17.2. The minimum Gasteiger partial charge on any atom is -0.370 e. The smallest absolute Gasteiger partial charge is 0.224 e. The monoisotopic (exact) mass is 344 g/mol. The van der Waals surface area contributed by atoms with E-state index in [2.05, 4.69) is 27.1 Å². The summed E-state index contributed by atoms with van der Waals surface area (Å²) in [5.74, 6) is 0.472. The van der Waals surface area contributed by atoms with Crippen molar-refractivity contribution in [1.29, 1.82) is 0 Å². The number of hydrogen-bond acceptors (Lipinski definition) is 3. The van der Waals surface area contributed by atoms with E-state index in [0.717, 1.165) is 30.6 Å². The second-order valence-corrected chi connectivity index (χ2v) is 6.49. The summed E-state index contributed by atoms with van der Waals surface area (Å²) in [5, 5.41) is 8.08.